The number of hydrogen-bond donors (Lipinski definition) is 2. The predicted molar refractivity (Wildman–Crippen MR) is 193 cm³/mol. The van der Waals surface area contributed by atoms with Crippen molar-refractivity contribution < 1.29 is 19.7 Å². The van der Waals surface area contributed by atoms with Gasteiger partial charge in [0.1, 0.15) is 11.5 Å². The molecule has 0 amide bonds. The van der Waals surface area contributed by atoms with Gasteiger partial charge in [0, 0.05) is 26.1 Å². The molecule has 0 bridgehead atoms. The maximum atomic E-state index is 9.13. The molecule has 0 fully saturated rings. The molecule has 5 aromatic carbocycles. The van der Waals surface area contributed by atoms with Gasteiger partial charge in [0.05, 0.1) is 18.6 Å². The first-order valence-corrected chi connectivity index (χ1v) is 17.1. The second kappa shape index (κ2) is 12.6. The van der Waals surface area contributed by atoms with Gasteiger partial charge in [-0.25, -0.2) is 0 Å². The van der Waals surface area contributed by atoms with Crippen LogP contribution >= 0.6 is 0 Å². The summed E-state index contributed by atoms with van der Waals surface area (Å²) in [4.78, 5) is 0. The molecule has 0 saturated carbocycles. The Morgan fingerprint density at radius 3 is 1.73 bits per heavy atom. The van der Waals surface area contributed by atoms with E-state index in [-0.39, 0.29) is 18.6 Å². The van der Waals surface area contributed by atoms with Gasteiger partial charge in [-0.15, -0.1) is 0 Å². The molecule has 0 radical (unpaired) electrons. The average molecular weight is 633 g/mol. The molecule has 0 aliphatic heterocycles. The summed E-state index contributed by atoms with van der Waals surface area (Å²) in [6.45, 7) is 3.59. The molecule has 4 nitrogen and oxygen atoms in total. The van der Waals surface area contributed by atoms with Crippen molar-refractivity contribution in [3.05, 3.63) is 149 Å². The van der Waals surface area contributed by atoms with Crippen molar-refractivity contribution in [2.75, 3.05) is 26.4 Å². The minimum atomic E-state index is -0.387. The lowest BCUT2D eigenvalue weighted by atomic mass is 9.66. The van der Waals surface area contributed by atoms with E-state index in [2.05, 4.69) is 104 Å². The zero-order valence-corrected chi connectivity index (χ0v) is 27.3. The van der Waals surface area contributed by atoms with E-state index in [1.54, 1.807) is 0 Å². The lowest BCUT2D eigenvalue weighted by Gasteiger charge is -2.35. The fraction of sp³-hybridized carbons (Fsp3) is 0.227. The smallest absolute Gasteiger partial charge is 0.119 e. The van der Waals surface area contributed by atoms with Crippen molar-refractivity contribution in [1.82, 2.24) is 0 Å². The van der Waals surface area contributed by atoms with E-state index < -0.39 is 0 Å². The summed E-state index contributed by atoms with van der Waals surface area (Å²) in [6.07, 6.45) is 6.99. The van der Waals surface area contributed by atoms with Crippen molar-refractivity contribution in [3.8, 4) is 44.9 Å². The minimum Gasteiger partial charge on any atom is -0.494 e. The van der Waals surface area contributed by atoms with E-state index >= 15 is 0 Å². The average Bonchev–Trinajstić information content (AvgIpc) is 3.58. The monoisotopic (exact) mass is 632 g/mol. The predicted octanol–water partition coefficient (Wildman–Crippen LogP) is 9.22. The van der Waals surface area contributed by atoms with Gasteiger partial charge >= 0.3 is 0 Å². The normalized spacial score (nSPS) is 18.4. The summed E-state index contributed by atoms with van der Waals surface area (Å²) >= 11 is 0. The molecule has 2 unspecified atom stereocenters. The second-order valence-corrected chi connectivity index (χ2v) is 13.1. The van der Waals surface area contributed by atoms with E-state index in [9.17, 15) is 0 Å². The van der Waals surface area contributed by atoms with Gasteiger partial charge in [-0.05, 0) is 116 Å². The fourth-order valence-electron chi connectivity index (χ4n) is 7.97. The molecule has 3 aliphatic rings. The molecule has 0 saturated heterocycles. The van der Waals surface area contributed by atoms with Crippen LogP contribution in [0.1, 0.15) is 48.4 Å². The molecular formula is C44H40O4. The summed E-state index contributed by atoms with van der Waals surface area (Å²) in [5.74, 6) is 2.08. The van der Waals surface area contributed by atoms with Crippen LogP contribution in [0.15, 0.2) is 127 Å². The molecule has 240 valence electrons. The molecule has 3 aliphatic carbocycles. The lowest BCUT2D eigenvalue weighted by molar-refractivity contribution is 0.233. The highest BCUT2D eigenvalue weighted by atomic mass is 16.5. The minimum absolute atomic E-state index is 0.127. The first-order chi connectivity index (χ1) is 23.6. The van der Waals surface area contributed by atoms with Crippen LogP contribution in [0, 0.1) is 5.92 Å². The van der Waals surface area contributed by atoms with E-state index in [1.807, 2.05) is 24.3 Å². The number of fused-ring (bicyclic) bond motifs is 9. The van der Waals surface area contributed by atoms with Gasteiger partial charge in [-0.3, -0.25) is 0 Å². The van der Waals surface area contributed by atoms with Crippen LogP contribution in [0.25, 0.3) is 39.0 Å². The van der Waals surface area contributed by atoms with Crippen LogP contribution < -0.4 is 9.47 Å². The number of rotatable bonds is 10. The first-order valence-electron chi connectivity index (χ1n) is 17.1. The van der Waals surface area contributed by atoms with E-state index in [0.717, 1.165) is 29.0 Å². The van der Waals surface area contributed by atoms with Crippen LogP contribution in [-0.4, -0.2) is 36.6 Å². The Morgan fingerprint density at radius 2 is 1.12 bits per heavy atom. The van der Waals surface area contributed by atoms with Gasteiger partial charge in [-0.1, -0.05) is 91.9 Å². The Balaban J connectivity index is 1.28. The quantitative estimate of drug-likeness (QED) is 0.151. The van der Waals surface area contributed by atoms with Crippen molar-refractivity contribution in [2.45, 2.75) is 31.6 Å². The Bertz CT molecular complexity index is 2040. The molecule has 0 heterocycles. The molecule has 8 rings (SSSR count). The van der Waals surface area contributed by atoms with Crippen LogP contribution in [0.5, 0.6) is 11.5 Å². The third kappa shape index (κ3) is 4.99. The van der Waals surface area contributed by atoms with Crippen molar-refractivity contribution in [3.63, 3.8) is 0 Å². The number of ether oxygens (including phenoxy) is 2. The summed E-state index contributed by atoms with van der Waals surface area (Å²) in [6, 6.07) is 39.7. The Labute approximate surface area is 282 Å². The van der Waals surface area contributed by atoms with Gasteiger partial charge in [-0.2, -0.15) is 0 Å². The molecule has 2 N–H and O–H groups in total. The van der Waals surface area contributed by atoms with Gasteiger partial charge in [0.15, 0.2) is 0 Å². The maximum absolute atomic E-state index is 9.13. The SMILES string of the molecule is CC1C=CC2=C(C1)C1(c3cc(-c4ccc(OCCCO)cc4)ccc32)c2ccccc2-c2ccc(-c3ccc(OCCCO)cc3)cc21. The molecule has 4 heteroatoms. The summed E-state index contributed by atoms with van der Waals surface area (Å²) < 4.78 is 11.7. The molecule has 0 aromatic heterocycles. The van der Waals surface area contributed by atoms with Crippen molar-refractivity contribution in [1.29, 1.82) is 0 Å². The number of aliphatic hydroxyl groups excluding tert-OH is 2. The first kappa shape index (κ1) is 30.4. The fourth-order valence-corrected chi connectivity index (χ4v) is 7.97. The third-order valence-corrected chi connectivity index (χ3v) is 10.2. The molecule has 2 atom stereocenters. The van der Waals surface area contributed by atoms with Gasteiger partial charge in [0.25, 0.3) is 0 Å². The Morgan fingerprint density at radius 1 is 0.604 bits per heavy atom. The van der Waals surface area contributed by atoms with Crippen molar-refractivity contribution >= 4 is 5.57 Å². The number of hydrogen-bond acceptors (Lipinski definition) is 4. The number of allylic oxidation sites excluding steroid dienone is 4. The van der Waals surface area contributed by atoms with Gasteiger partial charge < -0.3 is 19.7 Å². The van der Waals surface area contributed by atoms with E-state index in [0.29, 0.717) is 32.0 Å². The van der Waals surface area contributed by atoms with Crippen LogP contribution in [0.4, 0.5) is 0 Å². The second-order valence-electron chi connectivity index (χ2n) is 13.1. The molecule has 48 heavy (non-hydrogen) atoms. The highest BCUT2D eigenvalue weighted by Gasteiger charge is 2.53. The molecule has 1 spiro atoms. The highest BCUT2D eigenvalue weighted by Crippen LogP contribution is 2.64. The van der Waals surface area contributed by atoms with Crippen molar-refractivity contribution in [2.24, 2.45) is 5.92 Å². The third-order valence-electron chi connectivity index (χ3n) is 10.2. The van der Waals surface area contributed by atoms with E-state index in [4.69, 9.17) is 19.7 Å². The number of benzene rings is 5. The topological polar surface area (TPSA) is 58.9 Å². The highest BCUT2D eigenvalue weighted by molar-refractivity contribution is 5.98. The summed E-state index contributed by atoms with van der Waals surface area (Å²) in [7, 11) is 0. The van der Waals surface area contributed by atoms with Crippen LogP contribution in [0.2, 0.25) is 0 Å². The molecule has 5 aromatic rings. The van der Waals surface area contributed by atoms with Crippen LogP contribution in [0.3, 0.4) is 0 Å². The molecular weight excluding hydrogens is 592 g/mol. The maximum Gasteiger partial charge on any atom is 0.119 e. The van der Waals surface area contributed by atoms with Gasteiger partial charge in [0.2, 0.25) is 0 Å². The van der Waals surface area contributed by atoms with Crippen LogP contribution in [-0.2, 0) is 5.41 Å². The zero-order chi connectivity index (χ0) is 32.7. The summed E-state index contributed by atoms with van der Waals surface area (Å²) in [5, 5.41) is 18.3. The summed E-state index contributed by atoms with van der Waals surface area (Å²) in [5.41, 5.74) is 15.1. The van der Waals surface area contributed by atoms with E-state index in [1.165, 1.54) is 55.7 Å². The lowest BCUT2D eigenvalue weighted by Crippen LogP contribution is -2.28. The largest absolute Gasteiger partial charge is 0.494 e. The zero-order valence-electron chi connectivity index (χ0n) is 27.3. The Hall–Kier alpha value is -4.90. The standard InChI is InChI=1S/C44H40O4/c1-29-8-19-37-39-21-14-33(31-11-17-35(18-12-31)48-25-5-23-46)28-43(39)44(41(37)26-29)40-7-3-2-6-36(40)38-20-13-32(27-42(38)44)30-9-15-34(16-10-30)47-24-4-22-45/h2-3,6-21,27-29,45-46H,4-5,22-26H2,1H3. The Kier molecular flexibility index (Phi) is 7.99. The number of aliphatic hydroxyl groups is 2.